The van der Waals surface area contributed by atoms with Crippen molar-refractivity contribution in [3.63, 3.8) is 0 Å². The molecule has 0 unspecified atom stereocenters. The number of carbonyl (C=O) groups excluding carboxylic acids is 1. The standard InChI is InChI=1S/C23H23N5O2/c1-4-16-6-7-17(26-22-10-15(3)24-13-25-22)11-19(16)27-23(29)12-20-18-9-14(2)5-8-21(18)30-28-20/h5-11,13H,4,12H2,1-3H3,(H,27,29)(H,24,25,26). The van der Waals surface area contributed by atoms with Crippen molar-refractivity contribution in [1.29, 1.82) is 0 Å². The lowest BCUT2D eigenvalue weighted by atomic mass is 10.1. The fourth-order valence-electron chi connectivity index (χ4n) is 3.33. The van der Waals surface area contributed by atoms with Crippen molar-refractivity contribution in [2.24, 2.45) is 0 Å². The maximum atomic E-state index is 12.8. The van der Waals surface area contributed by atoms with Crippen molar-refractivity contribution < 1.29 is 9.32 Å². The average molecular weight is 401 g/mol. The van der Waals surface area contributed by atoms with Gasteiger partial charge in [-0.2, -0.15) is 0 Å². The molecule has 7 heteroatoms. The van der Waals surface area contributed by atoms with Gasteiger partial charge in [-0.15, -0.1) is 0 Å². The van der Waals surface area contributed by atoms with Gasteiger partial charge in [-0.05, 0) is 50.1 Å². The van der Waals surface area contributed by atoms with Crippen molar-refractivity contribution in [2.75, 3.05) is 10.6 Å². The Labute approximate surface area is 174 Å². The van der Waals surface area contributed by atoms with E-state index in [4.69, 9.17) is 4.52 Å². The van der Waals surface area contributed by atoms with Gasteiger partial charge in [0.15, 0.2) is 5.58 Å². The van der Waals surface area contributed by atoms with E-state index in [1.807, 2.05) is 56.3 Å². The lowest BCUT2D eigenvalue weighted by molar-refractivity contribution is -0.115. The van der Waals surface area contributed by atoms with Crippen molar-refractivity contribution in [1.82, 2.24) is 15.1 Å². The van der Waals surface area contributed by atoms with Crippen LogP contribution in [-0.4, -0.2) is 21.0 Å². The summed E-state index contributed by atoms with van der Waals surface area (Å²) in [7, 11) is 0. The van der Waals surface area contributed by atoms with E-state index in [1.165, 1.54) is 6.33 Å². The molecule has 4 aromatic rings. The number of nitrogens with zero attached hydrogens (tertiary/aromatic N) is 3. The van der Waals surface area contributed by atoms with E-state index < -0.39 is 0 Å². The molecule has 2 N–H and O–H groups in total. The quantitative estimate of drug-likeness (QED) is 0.485. The summed E-state index contributed by atoms with van der Waals surface area (Å²) in [4.78, 5) is 21.1. The van der Waals surface area contributed by atoms with Crippen LogP contribution in [0, 0.1) is 13.8 Å². The van der Waals surface area contributed by atoms with Gasteiger partial charge >= 0.3 is 0 Å². The summed E-state index contributed by atoms with van der Waals surface area (Å²) in [5.41, 5.74) is 5.94. The van der Waals surface area contributed by atoms with E-state index in [0.29, 0.717) is 17.1 Å². The van der Waals surface area contributed by atoms with E-state index in [-0.39, 0.29) is 12.3 Å². The zero-order valence-corrected chi connectivity index (χ0v) is 17.2. The highest BCUT2D eigenvalue weighted by atomic mass is 16.5. The van der Waals surface area contributed by atoms with Gasteiger partial charge in [0.25, 0.3) is 0 Å². The smallest absolute Gasteiger partial charge is 0.230 e. The van der Waals surface area contributed by atoms with Crippen molar-refractivity contribution >= 4 is 34.1 Å². The third kappa shape index (κ3) is 4.30. The number of hydrogen-bond acceptors (Lipinski definition) is 6. The molecule has 152 valence electrons. The molecule has 0 spiro atoms. The monoisotopic (exact) mass is 401 g/mol. The molecule has 0 radical (unpaired) electrons. The first kappa shape index (κ1) is 19.6. The summed E-state index contributed by atoms with van der Waals surface area (Å²) in [6.45, 7) is 5.97. The first-order chi connectivity index (χ1) is 14.5. The number of fused-ring (bicyclic) bond motifs is 1. The summed E-state index contributed by atoms with van der Waals surface area (Å²) in [5.74, 6) is 0.560. The minimum atomic E-state index is -0.142. The molecule has 0 bridgehead atoms. The number of hydrogen-bond donors (Lipinski definition) is 2. The molecule has 0 aliphatic heterocycles. The van der Waals surface area contributed by atoms with Gasteiger partial charge in [-0.1, -0.05) is 29.8 Å². The van der Waals surface area contributed by atoms with Crippen molar-refractivity contribution in [3.8, 4) is 0 Å². The second kappa shape index (κ2) is 8.32. The van der Waals surface area contributed by atoms with Crippen LogP contribution in [0.15, 0.2) is 53.3 Å². The Morgan fingerprint density at radius 2 is 1.93 bits per heavy atom. The molecule has 0 aliphatic carbocycles. The predicted molar refractivity (Wildman–Crippen MR) is 117 cm³/mol. The first-order valence-electron chi connectivity index (χ1n) is 9.85. The molecule has 0 saturated heterocycles. The molecule has 2 aromatic carbocycles. The molecule has 30 heavy (non-hydrogen) atoms. The maximum absolute atomic E-state index is 12.8. The Kier molecular flexibility index (Phi) is 5.43. The fraction of sp³-hybridized carbons (Fsp3) is 0.217. The number of amides is 1. The maximum Gasteiger partial charge on any atom is 0.230 e. The summed E-state index contributed by atoms with van der Waals surface area (Å²) in [6, 6.07) is 13.6. The normalized spacial score (nSPS) is 10.9. The number of benzene rings is 2. The summed E-state index contributed by atoms with van der Waals surface area (Å²) >= 11 is 0. The molecule has 7 nitrogen and oxygen atoms in total. The van der Waals surface area contributed by atoms with Gasteiger partial charge in [0.1, 0.15) is 17.8 Å². The Morgan fingerprint density at radius 1 is 1.07 bits per heavy atom. The van der Waals surface area contributed by atoms with Crippen LogP contribution < -0.4 is 10.6 Å². The Bertz CT molecular complexity index is 1220. The van der Waals surface area contributed by atoms with Gasteiger partial charge in [-0.3, -0.25) is 4.79 Å². The van der Waals surface area contributed by atoms with Crippen LogP contribution in [0.3, 0.4) is 0 Å². The van der Waals surface area contributed by atoms with E-state index in [2.05, 4.69) is 32.7 Å². The number of aromatic nitrogens is 3. The lowest BCUT2D eigenvalue weighted by Crippen LogP contribution is -2.16. The Hall–Kier alpha value is -3.74. The summed E-state index contributed by atoms with van der Waals surface area (Å²) in [5, 5.41) is 11.2. The van der Waals surface area contributed by atoms with Crippen LogP contribution in [0.5, 0.6) is 0 Å². The van der Waals surface area contributed by atoms with Crippen LogP contribution in [0.25, 0.3) is 11.0 Å². The molecule has 0 atom stereocenters. The van der Waals surface area contributed by atoms with Gasteiger partial charge in [0.2, 0.25) is 5.91 Å². The average Bonchev–Trinajstić information content (AvgIpc) is 3.10. The fourth-order valence-corrected chi connectivity index (χ4v) is 3.33. The van der Waals surface area contributed by atoms with Crippen LogP contribution in [-0.2, 0) is 17.6 Å². The molecular formula is C23H23N5O2. The molecule has 1 amide bonds. The molecule has 2 aromatic heterocycles. The topological polar surface area (TPSA) is 92.9 Å². The minimum absolute atomic E-state index is 0.141. The predicted octanol–water partition coefficient (Wildman–Crippen LogP) is 4.72. The van der Waals surface area contributed by atoms with Crippen LogP contribution >= 0.6 is 0 Å². The third-order valence-electron chi connectivity index (χ3n) is 4.87. The zero-order valence-electron chi connectivity index (χ0n) is 17.2. The highest BCUT2D eigenvalue weighted by Crippen LogP contribution is 2.25. The summed E-state index contributed by atoms with van der Waals surface area (Å²) < 4.78 is 5.34. The van der Waals surface area contributed by atoms with Gasteiger partial charge < -0.3 is 15.2 Å². The summed E-state index contributed by atoms with van der Waals surface area (Å²) in [6.07, 6.45) is 2.46. The Balaban J connectivity index is 1.53. The van der Waals surface area contributed by atoms with Crippen LogP contribution in [0.2, 0.25) is 0 Å². The first-order valence-corrected chi connectivity index (χ1v) is 9.85. The van der Waals surface area contributed by atoms with Gasteiger partial charge in [0.05, 0.1) is 6.42 Å². The molecule has 0 saturated carbocycles. The Morgan fingerprint density at radius 3 is 2.73 bits per heavy atom. The van der Waals surface area contributed by atoms with Crippen molar-refractivity contribution in [3.05, 3.63) is 71.3 Å². The highest BCUT2D eigenvalue weighted by Gasteiger charge is 2.14. The minimum Gasteiger partial charge on any atom is -0.356 e. The molecule has 0 aliphatic rings. The van der Waals surface area contributed by atoms with E-state index in [1.54, 1.807) is 0 Å². The molecular weight excluding hydrogens is 378 g/mol. The number of rotatable bonds is 6. The third-order valence-corrected chi connectivity index (χ3v) is 4.87. The number of aryl methyl sites for hydroxylation is 3. The number of nitrogens with one attached hydrogen (secondary N) is 2. The van der Waals surface area contributed by atoms with Crippen LogP contribution in [0.1, 0.15) is 29.4 Å². The lowest BCUT2D eigenvalue weighted by Gasteiger charge is -2.13. The van der Waals surface area contributed by atoms with E-state index >= 15 is 0 Å². The zero-order chi connectivity index (χ0) is 21.1. The molecule has 0 fully saturated rings. The van der Waals surface area contributed by atoms with E-state index in [9.17, 15) is 4.79 Å². The number of carbonyl (C=O) groups is 1. The van der Waals surface area contributed by atoms with E-state index in [0.717, 1.165) is 40.0 Å². The number of anilines is 3. The SMILES string of the molecule is CCc1ccc(Nc2cc(C)ncn2)cc1NC(=O)Cc1noc2ccc(C)cc12. The molecule has 2 heterocycles. The van der Waals surface area contributed by atoms with Crippen LogP contribution in [0.4, 0.5) is 17.2 Å². The van der Waals surface area contributed by atoms with Crippen molar-refractivity contribution in [2.45, 2.75) is 33.6 Å². The van der Waals surface area contributed by atoms with Gasteiger partial charge in [0, 0.05) is 28.5 Å². The second-order valence-corrected chi connectivity index (χ2v) is 7.25. The largest absolute Gasteiger partial charge is 0.356 e. The molecule has 4 rings (SSSR count). The second-order valence-electron chi connectivity index (χ2n) is 7.25. The highest BCUT2D eigenvalue weighted by molar-refractivity contribution is 5.95. The van der Waals surface area contributed by atoms with Gasteiger partial charge in [-0.25, -0.2) is 9.97 Å².